The van der Waals surface area contributed by atoms with Gasteiger partial charge in [-0.15, -0.1) is 11.3 Å². The highest BCUT2D eigenvalue weighted by atomic mass is 32.1. The van der Waals surface area contributed by atoms with E-state index in [0.717, 1.165) is 22.5 Å². The lowest BCUT2D eigenvalue weighted by Gasteiger charge is -2.19. The number of hydrogen-bond acceptors (Lipinski definition) is 5. The maximum atomic E-state index is 12.9. The molecule has 0 radical (unpaired) electrons. The van der Waals surface area contributed by atoms with Crippen LogP contribution in [0.5, 0.6) is 5.88 Å². The number of carbonyl (C=O) groups excluding carboxylic acids is 1. The van der Waals surface area contributed by atoms with Crippen LogP contribution >= 0.6 is 11.3 Å². The van der Waals surface area contributed by atoms with E-state index in [0.29, 0.717) is 29.0 Å². The smallest absolute Gasteiger partial charge is 0.280 e. The van der Waals surface area contributed by atoms with Crippen molar-refractivity contribution in [2.75, 3.05) is 19.0 Å². The molecule has 3 heterocycles. The molecule has 1 aromatic carbocycles. The highest BCUT2D eigenvalue weighted by Crippen LogP contribution is 2.43. The monoisotopic (exact) mass is 408 g/mol. The predicted octanol–water partition coefficient (Wildman–Crippen LogP) is 4.24. The van der Waals surface area contributed by atoms with E-state index in [1.54, 1.807) is 4.57 Å². The van der Waals surface area contributed by atoms with Gasteiger partial charge in [0, 0.05) is 19.8 Å². The van der Waals surface area contributed by atoms with Gasteiger partial charge in [0.25, 0.3) is 5.91 Å². The van der Waals surface area contributed by atoms with Crippen LogP contribution in [0.2, 0.25) is 0 Å². The van der Waals surface area contributed by atoms with E-state index in [1.807, 2.05) is 67.7 Å². The minimum absolute atomic E-state index is 0.00522. The molecule has 1 amide bonds. The fourth-order valence-corrected chi connectivity index (χ4v) is 4.48. The van der Waals surface area contributed by atoms with E-state index in [1.165, 1.54) is 11.3 Å². The molecule has 3 aromatic rings. The van der Waals surface area contributed by atoms with Crippen LogP contribution in [0, 0.1) is 0 Å². The standard InChI is InChI=1S/C22H24N4O2S/c1-4-6-16(23)26-20(13-8-10-14(11-9-13)25(2)3)18-17(22(26)28)19(24-21(18)27)15-7-5-12-29-15/h5,7-12,16,28H,4,6,23H2,1-3H3. The number of aromatic hydroxyl groups is 1. The van der Waals surface area contributed by atoms with Crippen molar-refractivity contribution in [1.29, 1.82) is 0 Å². The Morgan fingerprint density at radius 2 is 1.93 bits per heavy atom. The van der Waals surface area contributed by atoms with Crippen LogP contribution in [0.3, 0.4) is 0 Å². The predicted molar refractivity (Wildman–Crippen MR) is 118 cm³/mol. The van der Waals surface area contributed by atoms with Gasteiger partial charge in [-0.05, 0) is 35.6 Å². The molecule has 6 nitrogen and oxygen atoms in total. The molecule has 0 bridgehead atoms. The van der Waals surface area contributed by atoms with Gasteiger partial charge in [0.05, 0.1) is 33.6 Å². The van der Waals surface area contributed by atoms with E-state index in [-0.39, 0.29) is 11.8 Å². The first-order chi connectivity index (χ1) is 13.9. The zero-order chi connectivity index (χ0) is 20.7. The number of hydrogen-bond donors (Lipinski definition) is 2. The molecule has 1 unspecified atom stereocenters. The van der Waals surface area contributed by atoms with Crippen molar-refractivity contribution < 1.29 is 9.90 Å². The van der Waals surface area contributed by atoms with Gasteiger partial charge in [-0.3, -0.25) is 9.36 Å². The average Bonchev–Trinajstić information content (AvgIpc) is 3.40. The van der Waals surface area contributed by atoms with Crippen molar-refractivity contribution in [1.82, 2.24) is 4.57 Å². The lowest BCUT2D eigenvalue weighted by atomic mass is 10.0. The van der Waals surface area contributed by atoms with Gasteiger partial charge in [0.1, 0.15) is 0 Å². The molecule has 1 atom stereocenters. The fraction of sp³-hybridized carbons (Fsp3) is 0.273. The summed E-state index contributed by atoms with van der Waals surface area (Å²) in [4.78, 5) is 20.1. The number of benzene rings is 1. The number of fused-ring (bicyclic) bond motifs is 1. The van der Waals surface area contributed by atoms with E-state index in [9.17, 15) is 9.90 Å². The topological polar surface area (TPSA) is 83.9 Å². The third-order valence-corrected chi connectivity index (χ3v) is 6.05. The van der Waals surface area contributed by atoms with Crippen LogP contribution in [-0.4, -0.2) is 35.4 Å². The molecule has 1 aliphatic rings. The van der Waals surface area contributed by atoms with Crippen molar-refractivity contribution in [3.8, 4) is 17.1 Å². The number of nitrogens with zero attached hydrogens (tertiary/aromatic N) is 3. The molecule has 1 aliphatic heterocycles. The van der Waals surface area contributed by atoms with Crippen LogP contribution in [0.1, 0.15) is 46.7 Å². The van der Waals surface area contributed by atoms with Crippen LogP contribution in [0.4, 0.5) is 5.69 Å². The third kappa shape index (κ3) is 3.16. The summed E-state index contributed by atoms with van der Waals surface area (Å²) < 4.78 is 1.69. The molecule has 7 heteroatoms. The Hall–Kier alpha value is -2.90. The summed E-state index contributed by atoms with van der Waals surface area (Å²) >= 11 is 1.49. The van der Waals surface area contributed by atoms with Crippen molar-refractivity contribution in [2.45, 2.75) is 25.9 Å². The zero-order valence-electron chi connectivity index (χ0n) is 16.7. The molecule has 0 saturated carbocycles. The van der Waals surface area contributed by atoms with Gasteiger partial charge in [0.2, 0.25) is 5.88 Å². The Bertz CT molecular complexity index is 1080. The van der Waals surface area contributed by atoms with E-state index >= 15 is 0 Å². The molecular weight excluding hydrogens is 384 g/mol. The Morgan fingerprint density at radius 3 is 2.52 bits per heavy atom. The van der Waals surface area contributed by atoms with Crippen molar-refractivity contribution in [3.63, 3.8) is 0 Å². The molecule has 150 valence electrons. The molecule has 0 spiro atoms. The summed E-state index contributed by atoms with van der Waals surface area (Å²) in [6, 6.07) is 11.7. The quantitative estimate of drug-likeness (QED) is 0.639. The molecule has 4 rings (SSSR count). The van der Waals surface area contributed by atoms with E-state index < -0.39 is 6.17 Å². The molecule has 0 aliphatic carbocycles. The summed E-state index contributed by atoms with van der Waals surface area (Å²) in [7, 11) is 3.95. The van der Waals surface area contributed by atoms with E-state index in [2.05, 4.69) is 4.99 Å². The normalized spacial score (nSPS) is 14.1. The van der Waals surface area contributed by atoms with Gasteiger partial charge < -0.3 is 15.7 Å². The van der Waals surface area contributed by atoms with Gasteiger partial charge in [0.15, 0.2) is 0 Å². The summed E-state index contributed by atoms with van der Waals surface area (Å²) in [6.07, 6.45) is 1.11. The van der Waals surface area contributed by atoms with Crippen molar-refractivity contribution >= 4 is 28.6 Å². The maximum Gasteiger partial charge on any atom is 0.280 e. The fourth-order valence-electron chi connectivity index (χ4n) is 3.76. The lowest BCUT2D eigenvalue weighted by Crippen LogP contribution is -2.19. The number of nitrogens with two attached hydrogens (primary N) is 1. The first-order valence-electron chi connectivity index (χ1n) is 9.61. The number of carbonyl (C=O) groups is 1. The minimum Gasteiger partial charge on any atom is -0.494 e. The molecule has 3 N–H and O–H groups in total. The number of anilines is 1. The highest BCUT2D eigenvalue weighted by Gasteiger charge is 2.37. The van der Waals surface area contributed by atoms with Gasteiger partial charge in [-0.2, -0.15) is 0 Å². The van der Waals surface area contributed by atoms with Crippen LogP contribution in [0.25, 0.3) is 11.3 Å². The van der Waals surface area contributed by atoms with Crippen LogP contribution < -0.4 is 10.6 Å². The highest BCUT2D eigenvalue weighted by molar-refractivity contribution is 7.12. The van der Waals surface area contributed by atoms with Gasteiger partial charge in [-0.1, -0.05) is 31.5 Å². The zero-order valence-corrected chi connectivity index (χ0v) is 17.5. The number of amides is 1. The Labute approximate surface area is 173 Å². The summed E-state index contributed by atoms with van der Waals surface area (Å²) in [5, 5.41) is 13.1. The average molecular weight is 409 g/mol. The Morgan fingerprint density at radius 1 is 1.21 bits per heavy atom. The summed E-state index contributed by atoms with van der Waals surface area (Å²) in [5.41, 5.74) is 10.4. The Kier molecular flexibility index (Phi) is 5.02. The third-order valence-electron chi connectivity index (χ3n) is 5.17. The number of aromatic nitrogens is 1. The first-order valence-corrected chi connectivity index (χ1v) is 10.5. The molecular formula is C22H24N4O2S. The van der Waals surface area contributed by atoms with Gasteiger partial charge >= 0.3 is 0 Å². The molecule has 0 saturated heterocycles. The van der Waals surface area contributed by atoms with E-state index in [4.69, 9.17) is 5.73 Å². The first kappa shape index (κ1) is 19.4. The number of thiophene rings is 1. The molecule has 0 fully saturated rings. The van der Waals surface area contributed by atoms with Crippen LogP contribution in [-0.2, 0) is 0 Å². The molecule has 2 aromatic heterocycles. The summed E-state index contributed by atoms with van der Waals surface area (Å²) in [6.45, 7) is 2.04. The van der Waals surface area contributed by atoms with Gasteiger partial charge in [-0.25, -0.2) is 4.99 Å². The second-order valence-corrected chi connectivity index (χ2v) is 8.28. The van der Waals surface area contributed by atoms with Crippen molar-refractivity contribution in [3.05, 3.63) is 57.8 Å². The number of aliphatic imine (C=N–C) groups is 1. The Balaban J connectivity index is 1.95. The largest absolute Gasteiger partial charge is 0.494 e. The van der Waals surface area contributed by atoms with Crippen LogP contribution in [0.15, 0.2) is 46.8 Å². The lowest BCUT2D eigenvalue weighted by molar-refractivity contribution is 0.101. The van der Waals surface area contributed by atoms with Crippen molar-refractivity contribution in [2.24, 2.45) is 10.7 Å². The SMILES string of the molecule is CCCC(N)n1c(O)c2c(c1-c1ccc(N(C)C)cc1)C(=O)N=C2c1cccs1. The second kappa shape index (κ2) is 7.50. The maximum absolute atomic E-state index is 12.9. The second-order valence-electron chi connectivity index (χ2n) is 7.33. The number of rotatable bonds is 6. The minimum atomic E-state index is -0.438. The summed E-state index contributed by atoms with van der Waals surface area (Å²) in [5.74, 6) is -0.335. The molecule has 29 heavy (non-hydrogen) atoms.